The fourth-order valence-electron chi connectivity index (χ4n) is 3.50. The topological polar surface area (TPSA) is 71.0 Å². The Hall–Kier alpha value is -3.28. The van der Waals surface area contributed by atoms with Crippen LogP contribution in [0.4, 0.5) is 5.82 Å². The lowest BCUT2D eigenvalue weighted by molar-refractivity contribution is 0.0946. The van der Waals surface area contributed by atoms with Gasteiger partial charge in [0.15, 0.2) is 5.82 Å². The lowest BCUT2D eigenvalue weighted by atomic mass is 10.2. The highest BCUT2D eigenvalue weighted by Gasteiger charge is 2.17. The van der Waals surface area contributed by atoms with E-state index < -0.39 is 0 Å². The van der Waals surface area contributed by atoms with Gasteiger partial charge in [-0.25, -0.2) is 9.97 Å². The van der Waals surface area contributed by atoms with Crippen molar-refractivity contribution in [1.82, 2.24) is 20.3 Å². The highest BCUT2D eigenvalue weighted by Crippen LogP contribution is 2.23. The largest absolute Gasteiger partial charge is 0.356 e. The van der Waals surface area contributed by atoms with E-state index in [4.69, 9.17) is 4.98 Å². The Balaban J connectivity index is 1.62. The van der Waals surface area contributed by atoms with E-state index >= 15 is 0 Å². The summed E-state index contributed by atoms with van der Waals surface area (Å²) in [5.41, 5.74) is 2.30. The van der Waals surface area contributed by atoms with Crippen LogP contribution in [0.3, 0.4) is 0 Å². The van der Waals surface area contributed by atoms with Crippen molar-refractivity contribution in [3.8, 4) is 11.4 Å². The third-order valence-electron chi connectivity index (χ3n) is 5.11. The molecule has 0 aliphatic carbocycles. The van der Waals surface area contributed by atoms with Gasteiger partial charge in [0.25, 0.3) is 5.91 Å². The molecule has 1 aromatic carbocycles. The van der Waals surface area contributed by atoms with E-state index in [1.54, 1.807) is 12.4 Å². The Labute approximate surface area is 171 Å². The Morgan fingerprint density at radius 3 is 2.38 bits per heavy atom. The van der Waals surface area contributed by atoms with Crippen LogP contribution in [0.5, 0.6) is 0 Å². The Kier molecular flexibility index (Phi) is 6.10. The van der Waals surface area contributed by atoms with Crippen LogP contribution in [0.25, 0.3) is 11.4 Å². The second-order valence-electron chi connectivity index (χ2n) is 7.24. The number of anilines is 1. The summed E-state index contributed by atoms with van der Waals surface area (Å²) in [6.07, 6.45) is 8.22. The first-order valence-corrected chi connectivity index (χ1v) is 10.2. The van der Waals surface area contributed by atoms with Crippen molar-refractivity contribution in [1.29, 1.82) is 0 Å². The number of aromatic nitrogens is 3. The molecule has 3 heterocycles. The van der Waals surface area contributed by atoms with Crippen molar-refractivity contribution in [2.24, 2.45) is 0 Å². The minimum Gasteiger partial charge on any atom is -0.356 e. The average Bonchev–Trinajstić information content (AvgIpc) is 3.08. The van der Waals surface area contributed by atoms with Crippen LogP contribution in [-0.4, -0.2) is 33.9 Å². The Morgan fingerprint density at radius 1 is 0.931 bits per heavy atom. The number of amides is 1. The Morgan fingerprint density at radius 2 is 1.66 bits per heavy atom. The first kappa shape index (κ1) is 19.1. The SMILES string of the molecule is O=C(NCc1ccncc1)c1cc(N2CCCCCC2)nc(-c2ccccc2)n1. The summed E-state index contributed by atoms with van der Waals surface area (Å²) in [7, 11) is 0. The van der Waals surface area contributed by atoms with Crippen LogP contribution in [0.1, 0.15) is 41.7 Å². The second-order valence-corrected chi connectivity index (χ2v) is 7.24. The minimum absolute atomic E-state index is 0.197. The molecule has 0 atom stereocenters. The molecule has 0 radical (unpaired) electrons. The van der Waals surface area contributed by atoms with Gasteiger partial charge in [0.05, 0.1) is 0 Å². The molecule has 1 fully saturated rings. The zero-order valence-corrected chi connectivity index (χ0v) is 16.4. The predicted octanol–water partition coefficient (Wildman–Crippen LogP) is 3.85. The second kappa shape index (κ2) is 9.28. The van der Waals surface area contributed by atoms with Crippen LogP contribution in [-0.2, 0) is 6.54 Å². The summed E-state index contributed by atoms with van der Waals surface area (Å²) in [5.74, 6) is 1.22. The van der Waals surface area contributed by atoms with Gasteiger partial charge in [-0.3, -0.25) is 9.78 Å². The first-order valence-electron chi connectivity index (χ1n) is 10.2. The summed E-state index contributed by atoms with van der Waals surface area (Å²) in [5, 5.41) is 2.96. The summed E-state index contributed by atoms with van der Waals surface area (Å²) in [4.78, 5) is 28.5. The highest BCUT2D eigenvalue weighted by molar-refractivity contribution is 5.93. The van der Waals surface area contributed by atoms with E-state index in [-0.39, 0.29) is 5.91 Å². The molecule has 3 aromatic rings. The van der Waals surface area contributed by atoms with Gasteiger partial charge in [-0.05, 0) is 30.5 Å². The average molecular weight is 387 g/mol. The van der Waals surface area contributed by atoms with E-state index in [2.05, 4.69) is 20.2 Å². The standard InChI is InChI=1S/C23H25N5O/c29-23(25-17-18-10-12-24-13-11-18)20-16-21(28-14-6-1-2-7-15-28)27-22(26-20)19-8-4-3-5-9-19/h3-5,8-13,16H,1-2,6-7,14-15,17H2,(H,25,29). The summed E-state index contributed by atoms with van der Waals surface area (Å²) < 4.78 is 0. The van der Waals surface area contributed by atoms with Gasteiger partial charge in [-0.1, -0.05) is 43.2 Å². The molecule has 1 amide bonds. The molecule has 0 spiro atoms. The zero-order valence-electron chi connectivity index (χ0n) is 16.4. The van der Waals surface area contributed by atoms with Crippen molar-refractivity contribution in [2.45, 2.75) is 32.2 Å². The van der Waals surface area contributed by atoms with Gasteiger partial charge in [0.2, 0.25) is 0 Å². The molecule has 0 saturated carbocycles. The zero-order chi connectivity index (χ0) is 19.9. The van der Waals surface area contributed by atoms with Crippen molar-refractivity contribution >= 4 is 11.7 Å². The molecule has 29 heavy (non-hydrogen) atoms. The fourth-order valence-corrected chi connectivity index (χ4v) is 3.50. The summed E-state index contributed by atoms with van der Waals surface area (Å²) >= 11 is 0. The third kappa shape index (κ3) is 4.96. The van der Waals surface area contributed by atoms with Gasteiger partial charge in [-0.15, -0.1) is 0 Å². The van der Waals surface area contributed by atoms with Gasteiger partial charge >= 0.3 is 0 Å². The number of nitrogens with one attached hydrogen (secondary N) is 1. The van der Waals surface area contributed by atoms with E-state index in [1.807, 2.05) is 48.5 Å². The van der Waals surface area contributed by atoms with Crippen LogP contribution >= 0.6 is 0 Å². The molecule has 0 unspecified atom stereocenters. The monoisotopic (exact) mass is 387 g/mol. The first-order chi connectivity index (χ1) is 14.3. The Bertz CT molecular complexity index is 938. The number of benzene rings is 1. The maximum atomic E-state index is 12.9. The van der Waals surface area contributed by atoms with Crippen LogP contribution < -0.4 is 10.2 Å². The van der Waals surface area contributed by atoms with Crippen molar-refractivity contribution in [3.63, 3.8) is 0 Å². The molecule has 1 saturated heterocycles. The highest BCUT2D eigenvalue weighted by atomic mass is 16.1. The lowest BCUT2D eigenvalue weighted by Gasteiger charge is -2.22. The number of rotatable bonds is 5. The molecule has 1 aliphatic rings. The quantitative estimate of drug-likeness (QED) is 0.720. The van der Waals surface area contributed by atoms with Crippen molar-refractivity contribution in [2.75, 3.05) is 18.0 Å². The summed E-state index contributed by atoms with van der Waals surface area (Å²) in [6.45, 7) is 2.36. The van der Waals surface area contributed by atoms with E-state index in [1.165, 1.54) is 12.8 Å². The minimum atomic E-state index is -0.197. The molecule has 0 bridgehead atoms. The number of hydrogen-bond acceptors (Lipinski definition) is 5. The molecule has 1 aliphatic heterocycles. The van der Waals surface area contributed by atoms with Crippen LogP contribution in [0, 0.1) is 0 Å². The molecular weight excluding hydrogens is 362 g/mol. The van der Waals surface area contributed by atoms with E-state index in [0.29, 0.717) is 18.1 Å². The number of carbonyl (C=O) groups excluding carboxylic acids is 1. The van der Waals surface area contributed by atoms with E-state index in [0.717, 1.165) is 42.9 Å². The molecule has 6 heteroatoms. The third-order valence-corrected chi connectivity index (χ3v) is 5.11. The molecule has 4 rings (SSSR count). The van der Waals surface area contributed by atoms with Crippen molar-refractivity contribution < 1.29 is 4.79 Å². The van der Waals surface area contributed by atoms with E-state index in [9.17, 15) is 4.79 Å². The number of nitrogens with zero attached hydrogens (tertiary/aromatic N) is 4. The van der Waals surface area contributed by atoms with Crippen molar-refractivity contribution in [3.05, 3.63) is 72.2 Å². The summed E-state index contributed by atoms with van der Waals surface area (Å²) in [6, 6.07) is 15.4. The molecule has 2 aromatic heterocycles. The van der Waals surface area contributed by atoms with Crippen LogP contribution in [0.2, 0.25) is 0 Å². The van der Waals surface area contributed by atoms with Crippen LogP contribution in [0.15, 0.2) is 60.9 Å². The maximum Gasteiger partial charge on any atom is 0.270 e. The molecule has 148 valence electrons. The van der Waals surface area contributed by atoms with Gasteiger partial charge in [-0.2, -0.15) is 0 Å². The molecular formula is C23H25N5O. The fraction of sp³-hybridized carbons (Fsp3) is 0.304. The predicted molar refractivity (Wildman–Crippen MR) is 114 cm³/mol. The number of pyridine rings is 1. The number of hydrogen-bond donors (Lipinski definition) is 1. The molecule has 1 N–H and O–H groups in total. The number of carbonyl (C=O) groups is 1. The normalized spacial score (nSPS) is 14.3. The maximum absolute atomic E-state index is 12.9. The lowest BCUT2D eigenvalue weighted by Crippen LogP contribution is -2.28. The van der Waals surface area contributed by atoms with Gasteiger partial charge in [0.1, 0.15) is 11.5 Å². The van der Waals surface area contributed by atoms with Gasteiger partial charge in [0, 0.05) is 43.7 Å². The van der Waals surface area contributed by atoms with Gasteiger partial charge < -0.3 is 10.2 Å². The molecule has 6 nitrogen and oxygen atoms in total. The smallest absolute Gasteiger partial charge is 0.270 e.